The minimum atomic E-state index is 0.296. The quantitative estimate of drug-likeness (QED) is 0.932. The highest BCUT2D eigenvalue weighted by Gasteiger charge is 2.04. The first-order valence-electron chi connectivity index (χ1n) is 5.03. The van der Waals surface area contributed by atoms with Gasteiger partial charge in [0, 0.05) is 10.9 Å². The average Bonchev–Trinajstić information content (AvgIpc) is 2.74. The third kappa shape index (κ3) is 2.90. The van der Waals surface area contributed by atoms with Gasteiger partial charge in [0.2, 0.25) is 11.8 Å². The fourth-order valence-corrected chi connectivity index (χ4v) is 1.86. The van der Waals surface area contributed by atoms with Crippen LogP contribution in [0.1, 0.15) is 17.3 Å². The van der Waals surface area contributed by atoms with Gasteiger partial charge in [0.15, 0.2) is 0 Å². The Balaban J connectivity index is 1.96. The highest BCUT2D eigenvalue weighted by molar-refractivity contribution is 9.10. The van der Waals surface area contributed by atoms with Crippen LogP contribution in [0.3, 0.4) is 0 Å². The summed E-state index contributed by atoms with van der Waals surface area (Å²) >= 11 is 3.44. The Bertz CT molecular complexity index is 470. The van der Waals surface area contributed by atoms with Gasteiger partial charge in [-0.15, -0.1) is 10.2 Å². The molecule has 1 heterocycles. The monoisotopic (exact) mass is 281 g/mol. The van der Waals surface area contributed by atoms with Crippen molar-refractivity contribution in [3.63, 3.8) is 0 Å². The molecule has 16 heavy (non-hydrogen) atoms. The van der Waals surface area contributed by atoms with Gasteiger partial charge in [-0.1, -0.05) is 28.1 Å². The number of hydrogen-bond acceptors (Lipinski definition) is 4. The zero-order chi connectivity index (χ0) is 11.4. The largest absolute Gasteiger partial charge is 0.424 e. The van der Waals surface area contributed by atoms with E-state index in [0.29, 0.717) is 18.3 Å². The van der Waals surface area contributed by atoms with Gasteiger partial charge in [-0.25, -0.2) is 0 Å². The van der Waals surface area contributed by atoms with Gasteiger partial charge in [-0.05, 0) is 24.1 Å². The Morgan fingerprint density at radius 1 is 1.19 bits per heavy atom. The number of nitrogens with zero attached hydrogens (tertiary/aromatic N) is 2. The molecule has 0 saturated carbocycles. The van der Waals surface area contributed by atoms with E-state index in [1.165, 1.54) is 5.56 Å². The summed E-state index contributed by atoms with van der Waals surface area (Å²) in [5.41, 5.74) is 6.63. The summed E-state index contributed by atoms with van der Waals surface area (Å²) in [7, 11) is 0. The van der Waals surface area contributed by atoms with Crippen LogP contribution < -0.4 is 5.73 Å². The highest BCUT2D eigenvalue weighted by Crippen LogP contribution is 2.13. The maximum atomic E-state index is 5.39. The second-order valence-corrected chi connectivity index (χ2v) is 4.34. The smallest absolute Gasteiger partial charge is 0.230 e. The van der Waals surface area contributed by atoms with Gasteiger partial charge >= 0.3 is 0 Å². The van der Waals surface area contributed by atoms with Crippen molar-refractivity contribution in [2.45, 2.75) is 19.4 Å². The maximum Gasteiger partial charge on any atom is 0.230 e. The van der Waals surface area contributed by atoms with Crippen molar-refractivity contribution in [3.05, 3.63) is 46.1 Å². The first-order chi connectivity index (χ1) is 7.78. The fourth-order valence-electron chi connectivity index (χ4n) is 1.42. The molecule has 84 valence electrons. The van der Waals surface area contributed by atoms with Crippen LogP contribution >= 0.6 is 15.9 Å². The predicted molar refractivity (Wildman–Crippen MR) is 63.7 cm³/mol. The summed E-state index contributed by atoms with van der Waals surface area (Å²) in [5.74, 6) is 1.13. The first kappa shape index (κ1) is 11.3. The van der Waals surface area contributed by atoms with E-state index in [9.17, 15) is 0 Å². The first-order valence-corrected chi connectivity index (χ1v) is 5.83. The van der Waals surface area contributed by atoms with E-state index in [2.05, 4.69) is 38.3 Å². The van der Waals surface area contributed by atoms with Crippen molar-refractivity contribution in [1.29, 1.82) is 0 Å². The minimum absolute atomic E-state index is 0.296. The molecule has 2 aromatic rings. The molecule has 1 aromatic carbocycles. The minimum Gasteiger partial charge on any atom is -0.424 e. The highest BCUT2D eigenvalue weighted by atomic mass is 79.9. The number of nitrogens with two attached hydrogens (primary N) is 1. The summed E-state index contributed by atoms with van der Waals surface area (Å²) in [6, 6.07) is 8.17. The molecule has 1 aromatic heterocycles. The standard InChI is InChI=1S/C11H12BrN3O/c12-9-3-1-2-8(6-9)4-5-10-14-15-11(7-13)16-10/h1-3,6H,4-5,7,13H2. The third-order valence-electron chi connectivity index (χ3n) is 2.20. The van der Waals surface area contributed by atoms with Gasteiger partial charge in [-0.2, -0.15) is 0 Å². The number of aromatic nitrogens is 2. The molecular formula is C11H12BrN3O. The van der Waals surface area contributed by atoms with Crippen LogP contribution in [-0.4, -0.2) is 10.2 Å². The van der Waals surface area contributed by atoms with Crippen LogP contribution in [0.5, 0.6) is 0 Å². The van der Waals surface area contributed by atoms with Gasteiger partial charge in [0.25, 0.3) is 0 Å². The van der Waals surface area contributed by atoms with E-state index in [-0.39, 0.29) is 0 Å². The predicted octanol–water partition coefficient (Wildman–Crippen LogP) is 2.08. The molecular weight excluding hydrogens is 270 g/mol. The third-order valence-corrected chi connectivity index (χ3v) is 2.69. The molecule has 0 aliphatic rings. The Kier molecular flexibility index (Phi) is 3.69. The summed E-state index contributed by atoms with van der Waals surface area (Å²) < 4.78 is 6.41. The van der Waals surface area contributed by atoms with Crippen LogP contribution in [-0.2, 0) is 19.4 Å². The molecule has 0 fully saturated rings. The Labute approximate surface area is 102 Å². The van der Waals surface area contributed by atoms with Crippen molar-refractivity contribution < 1.29 is 4.42 Å². The number of aryl methyl sites for hydroxylation is 2. The van der Waals surface area contributed by atoms with E-state index in [1.54, 1.807) is 0 Å². The number of halogens is 1. The van der Waals surface area contributed by atoms with Crippen LogP contribution in [0.25, 0.3) is 0 Å². The van der Waals surface area contributed by atoms with E-state index in [4.69, 9.17) is 10.2 Å². The summed E-state index contributed by atoms with van der Waals surface area (Å²) in [4.78, 5) is 0. The SMILES string of the molecule is NCc1nnc(CCc2cccc(Br)c2)o1. The van der Waals surface area contributed by atoms with Gasteiger partial charge in [-0.3, -0.25) is 0 Å². The number of benzene rings is 1. The molecule has 0 aliphatic carbocycles. The van der Waals surface area contributed by atoms with Crippen molar-refractivity contribution in [2.75, 3.05) is 0 Å². The lowest BCUT2D eigenvalue weighted by Gasteiger charge is -1.98. The Morgan fingerprint density at radius 3 is 2.69 bits per heavy atom. The van der Waals surface area contributed by atoms with E-state index in [0.717, 1.165) is 17.3 Å². The molecule has 0 aliphatic heterocycles. The molecule has 2 N–H and O–H groups in total. The average molecular weight is 282 g/mol. The lowest BCUT2D eigenvalue weighted by atomic mass is 10.1. The molecule has 0 radical (unpaired) electrons. The number of rotatable bonds is 4. The van der Waals surface area contributed by atoms with Crippen LogP contribution in [0.15, 0.2) is 33.2 Å². The molecule has 0 spiro atoms. The lowest BCUT2D eigenvalue weighted by Crippen LogP contribution is -1.95. The van der Waals surface area contributed by atoms with Crippen molar-refractivity contribution in [2.24, 2.45) is 5.73 Å². The zero-order valence-electron chi connectivity index (χ0n) is 8.69. The molecule has 0 saturated heterocycles. The number of hydrogen-bond donors (Lipinski definition) is 1. The lowest BCUT2D eigenvalue weighted by molar-refractivity contribution is 0.450. The fraction of sp³-hybridized carbons (Fsp3) is 0.273. The zero-order valence-corrected chi connectivity index (χ0v) is 10.3. The van der Waals surface area contributed by atoms with Gasteiger partial charge < -0.3 is 10.2 Å². The van der Waals surface area contributed by atoms with E-state index in [1.807, 2.05) is 12.1 Å². The normalized spacial score (nSPS) is 10.6. The Hall–Kier alpha value is -1.20. The van der Waals surface area contributed by atoms with Crippen molar-refractivity contribution in [3.8, 4) is 0 Å². The second-order valence-electron chi connectivity index (χ2n) is 3.42. The molecule has 0 bridgehead atoms. The summed E-state index contributed by atoms with van der Waals surface area (Å²) in [5, 5.41) is 7.73. The molecule has 0 amide bonds. The van der Waals surface area contributed by atoms with Crippen LogP contribution in [0.2, 0.25) is 0 Å². The molecule has 0 atom stereocenters. The Morgan fingerprint density at radius 2 is 2.00 bits per heavy atom. The maximum absolute atomic E-state index is 5.39. The van der Waals surface area contributed by atoms with E-state index >= 15 is 0 Å². The second kappa shape index (κ2) is 5.23. The summed E-state index contributed by atoms with van der Waals surface area (Å²) in [6.07, 6.45) is 1.62. The van der Waals surface area contributed by atoms with Crippen LogP contribution in [0, 0.1) is 0 Å². The molecule has 4 nitrogen and oxygen atoms in total. The molecule has 0 unspecified atom stereocenters. The van der Waals surface area contributed by atoms with Crippen molar-refractivity contribution >= 4 is 15.9 Å². The molecule has 5 heteroatoms. The van der Waals surface area contributed by atoms with Gasteiger partial charge in [0.1, 0.15) is 0 Å². The van der Waals surface area contributed by atoms with Gasteiger partial charge in [0.05, 0.1) is 6.54 Å². The van der Waals surface area contributed by atoms with Crippen LogP contribution in [0.4, 0.5) is 0 Å². The molecule has 2 rings (SSSR count). The summed E-state index contributed by atoms with van der Waals surface area (Å²) in [6.45, 7) is 0.296. The topological polar surface area (TPSA) is 64.9 Å². The van der Waals surface area contributed by atoms with Crippen molar-refractivity contribution in [1.82, 2.24) is 10.2 Å². The van der Waals surface area contributed by atoms with E-state index < -0.39 is 0 Å².